The van der Waals surface area contributed by atoms with Crippen molar-refractivity contribution in [1.82, 2.24) is 25.2 Å². The molecule has 0 amide bonds. The number of hydrogen-bond acceptors (Lipinski definition) is 8. The fourth-order valence-electron chi connectivity index (χ4n) is 8.34. The Hall–Kier alpha value is -3.18. The number of anilines is 2. The number of fused-ring (bicyclic) bond motifs is 4. The summed E-state index contributed by atoms with van der Waals surface area (Å²) >= 11 is 0. The number of aryl methyl sites for hydroxylation is 1. The first kappa shape index (κ1) is 27.4. The molecule has 2 aromatic heterocycles. The minimum absolute atomic E-state index is 0.0204. The zero-order valence-electron chi connectivity index (χ0n) is 24.7. The lowest BCUT2D eigenvalue weighted by Gasteiger charge is -2.34. The molecule has 1 aromatic carbocycles. The fraction of sp³-hybridized carbons (Fsp3) is 0.594. The average Bonchev–Trinajstić information content (AvgIpc) is 3.54. The Kier molecular flexibility index (Phi) is 6.31. The highest BCUT2D eigenvalue weighted by Gasteiger charge is 2.49. The molecule has 4 saturated heterocycles. The summed E-state index contributed by atoms with van der Waals surface area (Å²) in [6, 6.07) is 2.00. The monoisotopic (exact) mass is 593 g/mol. The van der Waals surface area contributed by atoms with Crippen LogP contribution in [0.4, 0.5) is 24.8 Å². The van der Waals surface area contributed by atoms with Crippen molar-refractivity contribution in [2.45, 2.75) is 88.5 Å². The second-order valence-corrected chi connectivity index (χ2v) is 13.5. The molecule has 3 N–H and O–H groups in total. The van der Waals surface area contributed by atoms with E-state index in [1.54, 1.807) is 6.92 Å². The summed E-state index contributed by atoms with van der Waals surface area (Å²) in [4.78, 5) is 18.1. The predicted octanol–water partition coefficient (Wildman–Crippen LogP) is 4.94. The molecule has 0 radical (unpaired) electrons. The molecule has 11 heteroatoms. The van der Waals surface area contributed by atoms with E-state index in [9.17, 15) is 4.39 Å². The van der Waals surface area contributed by atoms with Gasteiger partial charge >= 0.3 is 6.01 Å². The Bertz CT molecular complexity index is 1620. The maximum atomic E-state index is 16.9. The first-order valence-electron chi connectivity index (χ1n) is 15.7. The number of rotatable bonds is 6. The molecule has 0 spiro atoms. The first-order valence-corrected chi connectivity index (χ1v) is 15.7. The standard InChI is InChI=1S/C32H38F3N7O/c1-16-24(25(18-4-5-18)17(2)37-29(16)36)26-23(34)10-22-28(27(26)35)39-31(40-30(22)41-13-20-6-7-21(14-41)38-20)43-15-32-8-3-9-42(32)12-19(33)11-32/h10,18-21,38H,3-9,11-15H2,1-2H3,(H2,36,37)/t19-,20-,21+,32+/m1/s1. The number of ether oxygens (including phenoxy) is 1. The van der Waals surface area contributed by atoms with Gasteiger partial charge in [-0.05, 0) is 87.6 Å². The second kappa shape index (κ2) is 9.92. The van der Waals surface area contributed by atoms with Crippen LogP contribution in [0.25, 0.3) is 22.0 Å². The van der Waals surface area contributed by atoms with Gasteiger partial charge in [-0.3, -0.25) is 4.90 Å². The molecule has 8 nitrogen and oxygen atoms in total. The van der Waals surface area contributed by atoms with Crippen LogP contribution in [0.3, 0.4) is 0 Å². The third-order valence-electron chi connectivity index (χ3n) is 10.5. The summed E-state index contributed by atoms with van der Waals surface area (Å²) < 4.78 is 53.9. The van der Waals surface area contributed by atoms with Gasteiger partial charge in [0.2, 0.25) is 0 Å². The van der Waals surface area contributed by atoms with Crippen LogP contribution in [-0.2, 0) is 0 Å². The Balaban J connectivity index is 1.28. The van der Waals surface area contributed by atoms with Gasteiger partial charge in [0.25, 0.3) is 0 Å². The SMILES string of the molecule is Cc1nc(N)c(C)c(-c2c(F)cc3c(N4C[C@H]5CC[C@@H](C4)N5)nc(OC[C@@]45CCCN4C[C@H](F)C5)nc3c2F)c1C1CC1. The van der Waals surface area contributed by atoms with E-state index in [2.05, 4.69) is 25.1 Å². The van der Waals surface area contributed by atoms with E-state index in [-0.39, 0.29) is 35.4 Å². The number of halogens is 3. The molecule has 0 unspecified atom stereocenters. The van der Waals surface area contributed by atoms with Gasteiger partial charge in [0, 0.05) is 49.2 Å². The maximum absolute atomic E-state index is 16.9. The van der Waals surface area contributed by atoms with Gasteiger partial charge in [-0.1, -0.05) is 0 Å². The Labute approximate surface area is 249 Å². The van der Waals surface area contributed by atoms with E-state index in [0.29, 0.717) is 66.2 Å². The van der Waals surface area contributed by atoms with Crippen LogP contribution in [0.2, 0.25) is 0 Å². The molecular formula is C32H38F3N7O. The molecule has 228 valence electrons. The lowest BCUT2D eigenvalue weighted by atomic mass is 9.90. The number of hydrogen-bond donors (Lipinski definition) is 2. The summed E-state index contributed by atoms with van der Waals surface area (Å²) in [6.07, 6.45) is 5.34. The molecule has 43 heavy (non-hydrogen) atoms. The van der Waals surface area contributed by atoms with Crippen LogP contribution < -0.4 is 20.7 Å². The van der Waals surface area contributed by atoms with Gasteiger partial charge in [0.15, 0.2) is 5.82 Å². The molecule has 4 aliphatic heterocycles. The topological polar surface area (TPSA) is 92.4 Å². The minimum Gasteiger partial charge on any atom is -0.461 e. The predicted molar refractivity (Wildman–Crippen MR) is 159 cm³/mol. The number of benzene rings is 1. The van der Waals surface area contributed by atoms with Crippen molar-refractivity contribution in [2.24, 2.45) is 0 Å². The molecular weight excluding hydrogens is 555 g/mol. The van der Waals surface area contributed by atoms with Crippen molar-refractivity contribution >= 4 is 22.5 Å². The quantitative estimate of drug-likeness (QED) is 0.415. The van der Waals surface area contributed by atoms with E-state index in [1.165, 1.54) is 6.07 Å². The molecule has 2 bridgehead atoms. The number of nitrogens with zero attached hydrogens (tertiary/aromatic N) is 5. The molecule has 4 atom stereocenters. The van der Waals surface area contributed by atoms with Gasteiger partial charge in [-0.15, -0.1) is 0 Å². The maximum Gasteiger partial charge on any atom is 0.319 e. The lowest BCUT2D eigenvalue weighted by Crippen LogP contribution is -2.51. The lowest BCUT2D eigenvalue weighted by molar-refractivity contribution is 0.107. The van der Waals surface area contributed by atoms with Crippen LogP contribution in [0, 0.1) is 25.5 Å². The summed E-state index contributed by atoms with van der Waals surface area (Å²) in [7, 11) is 0. The number of aromatic nitrogens is 3. The number of nitrogens with one attached hydrogen (secondary N) is 1. The van der Waals surface area contributed by atoms with Gasteiger partial charge in [-0.25, -0.2) is 18.2 Å². The highest BCUT2D eigenvalue weighted by Crippen LogP contribution is 2.49. The Morgan fingerprint density at radius 2 is 1.81 bits per heavy atom. The molecule has 5 fully saturated rings. The second-order valence-electron chi connectivity index (χ2n) is 13.5. The van der Waals surface area contributed by atoms with Crippen LogP contribution in [-0.4, -0.2) is 76.4 Å². The normalized spacial score (nSPS) is 28.7. The number of nitrogen functional groups attached to an aromatic ring is 1. The van der Waals surface area contributed by atoms with Gasteiger partial charge < -0.3 is 20.7 Å². The van der Waals surface area contributed by atoms with E-state index in [4.69, 9.17) is 15.5 Å². The number of piperazine rings is 1. The molecule has 1 saturated carbocycles. The van der Waals surface area contributed by atoms with Crippen LogP contribution >= 0.6 is 0 Å². The van der Waals surface area contributed by atoms with E-state index in [1.807, 2.05) is 6.92 Å². The fourth-order valence-corrected chi connectivity index (χ4v) is 8.34. The number of alkyl halides is 1. The Morgan fingerprint density at radius 1 is 1.05 bits per heavy atom. The average molecular weight is 594 g/mol. The highest BCUT2D eigenvalue weighted by atomic mass is 19.1. The Morgan fingerprint density at radius 3 is 2.56 bits per heavy atom. The molecule has 1 aliphatic carbocycles. The van der Waals surface area contributed by atoms with Gasteiger partial charge in [-0.2, -0.15) is 9.97 Å². The summed E-state index contributed by atoms with van der Waals surface area (Å²) in [5.74, 6) is -0.476. The van der Waals surface area contributed by atoms with Gasteiger partial charge in [0.1, 0.15) is 35.7 Å². The van der Waals surface area contributed by atoms with Crippen molar-refractivity contribution in [3.8, 4) is 17.1 Å². The molecule has 6 heterocycles. The van der Waals surface area contributed by atoms with Crippen LogP contribution in [0.15, 0.2) is 6.07 Å². The first-order chi connectivity index (χ1) is 20.7. The largest absolute Gasteiger partial charge is 0.461 e. The van der Waals surface area contributed by atoms with Crippen molar-refractivity contribution in [3.63, 3.8) is 0 Å². The molecule has 5 aliphatic rings. The number of nitrogens with two attached hydrogens (primary N) is 1. The molecule has 3 aromatic rings. The van der Waals surface area contributed by atoms with Crippen LogP contribution in [0.5, 0.6) is 6.01 Å². The van der Waals surface area contributed by atoms with Crippen molar-refractivity contribution in [3.05, 3.63) is 34.5 Å². The summed E-state index contributed by atoms with van der Waals surface area (Å²) in [6.45, 7) is 6.46. The summed E-state index contributed by atoms with van der Waals surface area (Å²) in [5.41, 5.74) is 8.34. The van der Waals surface area contributed by atoms with Gasteiger partial charge in [0.05, 0.1) is 11.1 Å². The highest BCUT2D eigenvalue weighted by molar-refractivity contribution is 5.95. The third kappa shape index (κ3) is 4.44. The number of pyridine rings is 1. The van der Waals surface area contributed by atoms with Crippen LogP contribution in [0.1, 0.15) is 67.7 Å². The van der Waals surface area contributed by atoms with E-state index in [0.717, 1.165) is 50.6 Å². The third-order valence-corrected chi connectivity index (χ3v) is 10.5. The van der Waals surface area contributed by atoms with Crippen molar-refractivity contribution in [1.29, 1.82) is 0 Å². The van der Waals surface area contributed by atoms with Crippen molar-refractivity contribution in [2.75, 3.05) is 43.4 Å². The van der Waals surface area contributed by atoms with Crippen molar-refractivity contribution < 1.29 is 17.9 Å². The zero-order valence-corrected chi connectivity index (χ0v) is 24.7. The van der Waals surface area contributed by atoms with E-state index < -0.39 is 23.3 Å². The zero-order chi connectivity index (χ0) is 29.6. The minimum atomic E-state index is -0.892. The smallest absolute Gasteiger partial charge is 0.319 e. The molecule has 8 rings (SSSR count). The summed E-state index contributed by atoms with van der Waals surface area (Å²) in [5, 5.41) is 3.93. The van der Waals surface area contributed by atoms with E-state index >= 15 is 8.78 Å².